The average Bonchev–Trinajstić information content (AvgIpc) is 3.31. The second-order valence-corrected chi connectivity index (χ2v) is 8.86. The maximum absolute atomic E-state index is 12.6. The van der Waals surface area contributed by atoms with Gasteiger partial charge >= 0.3 is 5.97 Å². The summed E-state index contributed by atoms with van der Waals surface area (Å²) in [5.41, 5.74) is 2.70. The van der Waals surface area contributed by atoms with E-state index in [1.54, 1.807) is 49.5 Å². The Morgan fingerprint density at radius 3 is 2.63 bits per heavy atom. The number of nitrogens with zero attached hydrogens (tertiary/aromatic N) is 2. The van der Waals surface area contributed by atoms with Crippen LogP contribution in [0.2, 0.25) is 5.02 Å². The highest BCUT2D eigenvalue weighted by Gasteiger charge is 2.30. The third kappa shape index (κ3) is 4.33. The first-order valence-electron chi connectivity index (χ1n) is 8.85. The smallest absolute Gasteiger partial charge is 0.335 e. The Morgan fingerprint density at radius 2 is 1.90 bits per heavy atom. The molecular formula is C22H15ClN2O3S2. The minimum absolute atomic E-state index is 0.115. The quantitative estimate of drug-likeness (QED) is 0.491. The number of rotatable bonds is 4. The number of likely N-dealkylation sites (N-methyl/N-ethyl adjacent to an activating group) is 1. The molecule has 1 N–H and O–H groups in total. The second kappa shape index (κ2) is 8.47. The average molecular weight is 455 g/mol. The molecule has 0 bridgehead atoms. The summed E-state index contributed by atoms with van der Waals surface area (Å²) in [5.74, 6) is -1.08. The molecule has 30 heavy (non-hydrogen) atoms. The molecule has 1 fully saturated rings. The molecule has 0 spiro atoms. The summed E-state index contributed by atoms with van der Waals surface area (Å²) in [6.45, 7) is 0. The van der Waals surface area contributed by atoms with Gasteiger partial charge in [0, 0.05) is 16.9 Å². The molecule has 0 atom stereocenters. The predicted molar refractivity (Wildman–Crippen MR) is 124 cm³/mol. The third-order valence-electron chi connectivity index (χ3n) is 4.39. The first-order valence-corrected chi connectivity index (χ1v) is 10.9. The molecule has 150 valence electrons. The van der Waals surface area contributed by atoms with Crippen LogP contribution < -0.4 is 0 Å². The summed E-state index contributed by atoms with van der Waals surface area (Å²) in [4.78, 5) is 31.4. The van der Waals surface area contributed by atoms with E-state index in [2.05, 4.69) is 4.99 Å². The van der Waals surface area contributed by atoms with E-state index in [-0.39, 0.29) is 11.5 Å². The molecule has 3 aromatic rings. The van der Waals surface area contributed by atoms with E-state index in [9.17, 15) is 14.7 Å². The standard InChI is InChI=1S/C22H15ClN2O3S2/c1-25-20(26)19(30-22(25)24-17-7-5-16(23)6-8-17)11-18-10-15(12-29-18)13-3-2-4-14(9-13)21(27)28/h2-12H,1H3,(H,27,28). The Bertz CT molecular complexity index is 1200. The van der Waals surface area contributed by atoms with Gasteiger partial charge in [0.05, 0.1) is 16.2 Å². The summed E-state index contributed by atoms with van der Waals surface area (Å²) in [5, 5.41) is 12.4. The number of amides is 1. The molecule has 1 saturated heterocycles. The van der Waals surface area contributed by atoms with E-state index >= 15 is 0 Å². The lowest BCUT2D eigenvalue weighted by Gasteiger charge is -2.06. The van der Waals surface area contributed by atoms with Crippen LogP contribution in [0, 0.1) is 0 Å². The lowest BCUT2D eigenvalue weighted by atomic mass is 10.1. The van der Waals surface area contributed by atoms with Crippen LogP contribution in [0.1, 0.15) is 15.2 Å². The van der Waals surface area contributed by atoms with Crippen LogP contribution in [0.15, 0.2) is 69.9 Å². The van der Waals surface area contributed by atoms with Crippen molar-refractivity contribution < 1.29 is 14.7 Å². The van der Waals surface area contributed by atoms with Crippen molar-refractivity contribution in [2.45, 2.75) is 0 Å². The topological polar surface area (TPSA) is 70.0 Å². The fraction of sp³-hybridized carbons (Fsp3) is 0.0455. The third-order valence-corrected chi connectivity index (χ3v) is 6.58. The van der Waals surface area contributed by atoms with Crippen molar-refractivity contribution in [2.75, 3.05) is 7.05 Å². The molecule has 0 aliphatic carbocycles. The van der Waals surface area contributed by atoms with E-state index in [0.717, 1.165) is 21.7 Å². The summed E-state index contributed by atoms with van der Waals surface area (Å²) in [7, 11) is 1.70. The van der Waals surface area contributed by atoms with E-state index in [1.165, 1.54) is 28.0 Å². The summed E-state index contributed by atoms with van der Waals surface area (Å²) < 4.78 is 0. The first kappa shape index (κ1) is 20.4. The lowest BCUT2D eigenvalue weighted by molar-refractivity contribution is -0.121. The van der Waals surface area contributed by atoms with E-state index < -0.39 is 5.97 Å². The fourth-order valence-corrected chi connectivity index (χ4v) is 4.84. The van der Waals surface area contributed by atoms with Gasteiger partial charge < -0.3 is 5.11 Å². The minimum atomic E-state index is -0.960. The van der Waals surface area contributed by atoms with Gasteiger partial charge in [-0.25, -0.2) is 9.79 Å². The van der Waals surface area contributed by atoms with E-state index in [1.807, 2.05) is 23.6 Å². The molecule has 4 rings (SSSR count). The molecule has 5 nitrogen and oxygen atoms in total. The summed E-state index contributed by atoms with van der Waals surface area (Å²) >= 11 is 8.72. The molecule has 0 saturated carbocycles. The van der Waals surface area contributed by atoms with E-state index in [4.69, 9.17) is 11.6 Å². The van der Waals surface area contributed by atoms with Crippen LogP contribution in [0.3, 0.4) is 0 Å². The zero-order chi connectivity index (χ0) is 21.3. The molecule has 0 radical (unpaired) electrons. The van der Waals surface area contributed by atoms with Gasteiger partial charge in [-0.05, 0) is 76.8 Å². The monoisotopic (exact) mass is 454 g/mol. The Kier molecular flexibility index (Phi) is 5.76. The zero-order valence-corrected chi connectivity index (χ0v) is 18.1. The van der Waals surface area contributed by atoms with Crippen molar-refractivity contribution in [2.24, 2.45) is 4.99 Å². The molecule has 1 aliphatic rings. The molecule has 1 aliphatic heterocycles. The van der Waals surface area contributed by atoms with Crippen molar-refractivity contribution in [1.29, 1.82) is 0 Å². The maximum atomic E-state index is 12.6. The lowest BCUT2D eigenvalue weighted by Crippen LogP contribution is -2.23. The Hall–Kier alpha value is -2.87. The van der Waals surface area contributed by atoms with Gasteiger partial charge in [0.15, 0.2) is 5.17 Å². The number of carboxylic acid groups (broad SMARTS) is 1. The van der Waals surface area contributed by atoms with Crippen LogP contribution in [0.25, 0.3) is 17.2 Å². The number of aromatic carboxylic acids is 1. The highest BCUT2D eigenvalue weighted by molar-refractivity contribution is 8.18. The number of thioether (sulfide) groups is 1. The molecule has 1 aromatic heterocycles. The SMILES string of the molecule is CN1C(=O)C(=Cc2cc(-c3cccc(C(=O)O)c3)cs2)SC1=Nc1ccc(Cl)cc1. The number of halogens is 1. The molecule has 8 heteroatoms. The van der Waals surface area contributed by atoms with Crippen molar-refractivity contribution in [3.8, 4) is 11.1 Å². The van der Waals surface area contributed by atoms with Gasteiger partial charge in [-0.3, -0.25) is 9.69 Å². The Labute approximate surface area is 186 Å². The fourth-order valence-electron chi connectivity index (χ4n) is 2.82. The number of aliphatic imine (C=N–C) groups is 1. The number of carbonyl (C=O) groups is 2. The van der Waals surface area contributed by atoms with Gasteiger partial charge in [0.25, 0.3) is 5.91 Å². The van der Waals surface area contributed by atoms with Crippen molar-refractivity contribution in [3.63, 3.8) is 0 Å². The van der Waals surface area contributed by atoms with Crippen molar-refractivity contribution in [1.82, 2.24) is 4.90 Å². The van der Waals surface area contributed by atoms with Crippen molar-refractivity contribution in [3.05, 3.63) is 80.3 Å². The van der Waals surface area contributed by atoms with Gasteiger partial charge in [-0.2, -0.15) is 0 Å². The highest BCUT2D eigenvalue weighted by atomic mass is 35.5. The Morgan fingerprint density at radius 1 is 1.13 bits per heavy atom. The van der Waals surface area contributed by atoms with Crippen LogP contribution in [0.4, 0.5) is 5.69 Å². The maximum Gasteiger partial charge on any atom is 0.335 e. The number of hydrogen-bond donors (Lipinski definition) is 1. The van der Waals surface area contributed by atoms with Crippen LogP contribution >= 0.6 is 34.7 Å². The highest BCUT2D eigenvalue weighted by Crippen LogP contribution is 2.35. The molecule has 0 unspecified atom stereocenters. The zero-order valence-electron chi connectivity index (χ0n) is 15.7. The normalized spacial score (nSPS) is 16.6. The second-order valence-electron chi connectivity index (χ2n) is 6.47. The largest absolute Gasteiger partial charge is 0.478 e. The van der Waals surface area contributed by atoms with Crippen LogP contribution in [-0.2, 0) is 4.79 Å². The Balaban J connectivity index is 1.58. The van der Waals surface area contributed by atoms with Gasteiger partial charge in [-0.15, -0.1) is 11.3 Å². The molecule has 1 amide bonds. The number of carbonyl (C=O) groups excluding carboxylic acids is 1. The van der Waals surface area contributed by atoms with Crippen LogP contribution in [0.5, 0.6) is 0 Å². The van der Waals surface area contributed by atoms with E-state index in [0.29, 0.717) is 15.1 Å². The van der Waals surface area contributed by atoms with Gasteiger partial charge in [0.2, 0.25) is 0 Å². The molecular weight excluding hydrogens is 440 g/mol. The number of hydrogen-bond acceptors (Lipinski definition) is 5. The molecule has 2 aromatic carbocycles. The first-order chi connectivity index (χ1) is 14.4. The minimum Gasteiger partial charge on any atom is -0.478 e. The van der Waals surface area contributed by atoms with Gasteiger partial charge in [0.1, 0.15) is 0 Å². The number of amidine groups is 1. The van der Waals surface area contributed by atoms with Crippen LogP contribution in [-0.4, -0.2) is 34.1 Å². The number of benzene rings is 2. The number of thiophene rings is 1. The van der Waals surface area contributed by atoms with Crippen molar-refractivity contribution >= 4 is 63.5 Å². The summed E-state index contributed by atoms with van der Waals surface area (Å²) in [6, 6.07) is 15.8. The summed E-state index contributed by atoms with van der Waals surface area (Å²) in [6.07, 6.45) is 1.84. The van der Waals surface area contributed by atoms with Gasteiger partial charge in [-0.1, -0.05) is 23.7 Å². The predicted octanol–water partition coefficient (Wildman–Crippen LogP) is 6.00. The molecule has 2 heterocycles. The number of carboxylic acids is 1.